The Kier molecular flexibility index (Phi) is 107. The molecular weight excluding hydrogens is 549 g/mol. The molecule has 0 bridgehead atoms. The second-order valence-electron chi connectivity index (χ2n) is 0. The van der Waals surface area contributed by atoms with Crippen LogP contribution in [0.5, 0.6) is 0 Å². The van der Waals surface area contributed by atoms with E-state index in [1.165, 1.54) is 0 Å². The summed E-state index contributed by atoms with van der Waals surface area (Å²) < 4.78 is 0. The van der Waals surface area contributed by atoms with Crippen LogP contribution in [0.1, 0.15) is 0 Å². The predicted molar refractivity (Wildman–Crippen MR) is 29.8 cm³/mol. The van der Waals surface area contributed by atoms with Crippen molar-refractivity contribution in [3.05, 3.63) is 0 Å². The van der Waals surface area contributed by atoms with Gasteiger partial charge in [-0.1, -0.05) is 0 Å². The molecule has 0 rings (SSSR count). The third-order valence-electron chi connectivity index (χ3n) is 0. The number of hydrogen-bond donors (Lipinski definition) is 0. The van der Waals surface area contributed by atoms with Crippen molar-refractivity contribution < 1.29 is 22.4 Å². The number of hydrogen-bond acceptors (Lipinski definition) is 0. The summed E-state index contributed by atoms with van der Waals surface area (Å²) in [5.41, 5.74) is 0. The normalized spacial score (nSPS) is 0. The summed E-state index contributed by atoms with van der Waals surface area (Å²) in [7, 11) is 0. The van der Waals surface area contributed by atoms with Gasteiger partial charge in [-0.15, -0.1) is 0 Å². The minimum atomic E-state index is 0. The fourth-order valence-corrected chi connectivity index (χ4v) is 0. The molecule has 0 aromatic carbocycles. The fraction of sp³-hybridized carbons (Fsp3) is 0. The maximum atomic E-state index is 0. The Bertz CT molecular complexity index is 8.00. The van der Waals surface area contributed by atoms with Crippen molar-refractivity contribution in [1.29, 1.82) is 0 Å². The third-order valence-corrected chi connectivity index (χ3v) is 0. The van der Waals surface area contributed by atoms with Crippen LogP contribution in [0.4, 0.5) is 0 Å². The van der Waals surface area contributed by atoms with Crippen molar-refractivity contribution in [2.24, 2.45) is 0 Å². The SMILES string of the molecule is [Ag].[InH3].[PbH2].[SnH4]. The average Bonchev–Trinajstić information content (AvgIpc) is 0. The molecule has 0 nitrogen and oxygen atoms in total. The Morgan fingerprint density at radius 2 is 1.00 bits per heavy atom. The van der Waals surface area contributed by atoms with Crippen LogP contribution in [0.2, 0.25) is 0 Å². The summed E-state index contributed by atoms with van der Waals surface area (Å²) in [5.74, 6) is 0. The van der Waals surface area contributed by atoms with Crippen LogP contribution in [-0.4, -0.2) is 77.0 Å². The molecule has 0 heterocycles. The molecule has 31 valence electrons. The molecule has 0 aliphatic heterocycles. The van der Waals surface area contributed by atoms with E-state index in [1.54, 1.807) is 0 Å². The van der Waals surface area contributed by atoms with Gasteiger partial charge in [-0.3, -0.25) is 0 Å². The maximum absolute atomic E-state index is 0. The van der Waals surface area contributed by atoms with Crippen molar-refractivity contribution in [1.82, 2.24) is 0 Å². The van der Waals surface area contributed by atoms with E-state index in [9.17, 15) is 0 Å². The van der Waals surface area contributed by atoms with Gasteiger partial charge in [-0.2, -0.15) is 0 Å². The van der Waals surface area contributed by atoms with Crippen LogP contribution < -0.4 is 0 Å². The topological polar surface area (TPSA) is 0 Å². The van der Waals surface area contributed by atoms with Gasteiger partial charge in [0.05, 0.1) is 0 Å². The van der Waals surface area contributed by atoms with E-state index < -0.39 is 0 Å². The van der Waals surface area contributed by atoms with E-state index in [1.807, 2.05) is 0 Å². The summed E-state index contributed by atoms with van der Waals surface area (Å²) >= 11 is 0. The van der Waals surface area contributed by atoms with Gasteiger partial charge in [0.2, 0.25) is 0 Å². The van der Waals surface area contributed by atoms with Gasteiger partial charge < -0.3 is 0 Å². The Morgan fingerprint density at radius 1 is 1.00 bits per heavy atom. The molecule has 0 aromatic heterocycles. The molecule has 4 heteroatoms. The fourth-order valence-electron chi connectivity index (χ4n) is 0. The molecule has 0 saturated heterocycles. The summed E-state index contributed by atoms with van der Waals surface area (Å²) in [6.07, 6.45) is 0. The number of rotatable bonds is 0. The molecule has 0 aliphatic carbocycles. The van der Waals surface area contributed by atoms with Crippen LogP contribution in [0.25, 0.3) is 0 Å². The molecule has 0 amide bonds. The quantitative estimate of drug-likeness (QED) is 0.271. The average molecular weight is 558 g/mol. The monoisotopic (exact) mass is 559 g/mol. The summed E-state index contributed by atoms with van der Waals surface area (Å²) in [6, 6.07) is 0. The molecule has 0 aliphatic rings. The van der Waals surface area contributed by atoms with E-state index in [-0.39, 0.29) is 99.4 Å². The molecule has 0 spiro atoms. The zero-order chi connectivity index (χ0) is 0. The Labute approximate surface area is 97.3 Å². The van der Waals surface area contributed by atoms with Crippen LogP contribution >= 0.6 is 0 Å². The Balaban J connectivity index is 0. The summed E-state index contributed by atoms with van der Waals surface area (Å²) in [5, 5.41) is 0. The molecule has 0 unspecified atom stereocenters. The molecule has 3 radical (unpaired) electrons. The van der Waals surface area contributed by atoms with Crippen molar-refractivity contribution in [3.63, 3.8) is 0 Å². The van der Waals surface area contributed by atoms with Gasteiger partial charge in [-0.05, 0) is 0 Å². The Morgan fingerprint density at radius 3 is 1.00 bits per heavy atom. The first-order chi connectivity index (χ1) is 0. The van der Waals surface area contributed by atoms with E-state index in [0.717, 1.165) is 0 Å². The second-order valence-corrected chi connectivity index (χ2v) is 0. The molecule has 0 aromatic rings. The molecule has 0 atom stereocenters. The van der Waals surface area contributed by atoms with Crippen molar-refractivity contribution in [2.75, 3.05) is 0 Å². The zero-order valence-corrected chi connectivity index (χ0v) is 7.99. The van der Waals surface area contributed by atoms with Gasteiger partial charge in [0.15, 0.2) is 0 Å². The first kappa shape index (κ1) is 26.5. The minimum absolute atomic E-state index is 0. The predicted octanol–water partition coefficient (Wildman–Crippen LogP) is -3.55. The van der Waals surface area contributed by atoms with Crippen LogP contribution in [0.15, 0.2) is 0 Å². The second kappa shape index (κ2) is 16.2. The standard InChI is InChI=1S/Ag.In.Pb.Sn.9H. The zero-order valence-electron chi connectivity index (χ0n) is 1.01. The van der Waals surface area contributed by atoms with Gasteiger partial charge in [-0.25, -0.2) is 0 Å². The first-order valence-corrected chi connectivity index (χ1v) is 0. The summed E-state index contributed by atoms with van der Waals surface area (Å²) in [6.45, 7) is 0. The molecule has 0 saturated carbocycles. The van der Waals surface area contributed by atoms with Crippen molar-refractivity contribution in [3.8, 4) is 0 Å². The van der Waals surface area contributed by atoms with E-state index in [2.05, 4.69) is 0 Å². The molecular formula is H9AgInPbSn. The van der Waals surface area contributed by atoms with Crippen LogP contribution in [-0.2, 0) is 22.4 Å². The van der Waals surface area contributed by atoms with Crippen molar-refractivity contribution in [2.45, 2.75) is 0 Å². The van der Waals surface area contributed by atoms with E-state index in [0.29, 0.717) is 0 Å². The van der Waals surface area contributed by atoms with Gasteiger partial charge in [0.1, 0.15) is 0 Å². The summed E-state index contributed by atoms with van der Waals surface area (Å²) in [4.78, 5) is 0. The van der Waals surface area contributed by atoms with Crippen LogP contribution in [0.3, 0.4) is 0 Å². The molecule has 0 N–H and O–H groups in total. The van der Waals surface area contributed by atoms with Gasteiger partial charge >= 0.3 is 77.0 Å². The Hall–Kier alpha value is 3.33. The van der Waals surface area contributed by atoms with Gasteiger partial charge in [0.25, 0.3) is 0 Å². The van der Waals surface area contributed by atoms with E-state index in [4.69, 9.17) is 0 Å². The first-order valence-electron chi connectivity index (χ1n) is 0. The van der Waals surface area contributed by atoms with Crippen LogP contribution in [0, 0.1) is 0 Å². The van der Waals surface area contributed by atoms with Gasteiger partial charge in [0, 0.05) is 22.4 Å². The molecule has 4 heavy (non-hydrogen) atoms. The third kappa shape index (κ3) is 9.01. The van der Waals surface area contributed by atoms with Crippen molar-refractivity contribution >= 4 is 77.0 Å². The molecule has 0 fully saturated rings. The van der Waals surface area contributed by atoms with E-state index >= 15 is 0 Å².